The number of rotatable bonds is 2. The third-order valence-electron chi connectivity index (χ3n) is 1.82. The summed E-state index contributed by atoms with van der Waals surface area (Å²) < 4.78 is 4.92. The van der Waals surface area contributed by atoms with Crippen molar-refractivity contribution in [2.75, 3.05) is 7.11 Å². The molecular weight excluding hydrogens is 182 g/mol. The van der Waals surface area contributed by atoms with Gasteiger partial charge >= 0.3 is 0 Å². The SMILES string of the molecule is COc1cc(C#N)c(O)cc1C(C)=O. The van der Waals surface area contributed by atoms with E-state index < -0.39 is 0 Å². The van der Waals surface area contributed by atoms with E-state index in [0.29, 0.717) is 5.75 Å². The van der Waals surface area contributed by atoms with Crippen molar-refractivity contribution in [3.05, 3.63) is 23.3 Å². The minimum Gasteiger partial charge on any atom is -0.507 e. The Hall–Kier alpha value is -2.02. The van der Waals surface area contributed by atoms with E-state index in [2.05, 4.69) is 0 Å². The molecule has 0 aromatic heterocycles. The Morgan fingerprint density at radius 1 is 1.57 bits per heavy atom. The molecule has 0 spiro atoms. The number of ketones is 1. The number of nitriles is 1. The van der Waals surface area contributed by atoms with Crippen LogP contribution in [0.25, 0.3) is 0 Å². The number of nitrogens with zero attached hydrogens (tertiary/aromatic N) is 1. The maximum Gasteiger partial charge on any atom is 0.163 e. The molecule has 0 bridgehead atoms. The molecule has 1 rings (SSSR count). The van der Waals surface area contributed by atoms with E-state index >= 15 is 0 Å². The van der Waals surface area contributed by atoms with Gasteiger partial charge in [-0.3, -0.25) is 4.79 Å². The van der Waals surface area contributed by atoms with Crippen LogP contribution in [0.3, 0.4) is 0 Å². The Bertz CT molecular complexity index is 418. The molecule has 0 atom stereocenters. The third-order valence-corrected chi connectivity index (χ3v) is 1.82. The van der Waals surface area contributed by atoms with Gasteiger partial charge in [-0.15, -0.1) is 0 Å². The van der Waals surface area contributed by atoms with Crippen molar-refractivity contribution in [1.29, 1.82) is 5.26 Å². The lowest BCUT2D eigenvalue weighted by Gasteiger charge is -2.06. The molecule has 0 aliphatic carbocycles. The minimum atomic E-state index is -0.221. The van der Waals surface area contributed by atoms with Crippen molar-refractivity contribution in [3.63, 3.8) is 0 Å². The van der Waals surface area contributed by atoms with Gasteiger partial charge in [0.2, 0.25) is 0 Å². The first-order valence-corrected chi connectivity index (χ1v) is 3.92. The highest BCUT2D eigenvalue weighted by Crippen LogP contribution is 2.27. The molecule has 0 saturated carbocycles. The van der Waals surface area contributed by atoms with Gasteiger partial charge in [-0.25, -0.2) is 0 Å². The molecule has 0 unspecified atom stereocenters. The molecule has 72 valence electrons. The fourth-order valence-corrected chi connectivity index (χ4v) is 1.10. The number of phenols is 1. The Morgan fingerprint density at radius 2 is 2.21 bits per heavy atom. The molecule has 0 aliphatic heterocycles. The number of phenolic OH excluding ortho intramolecular Hbond substituents is 1. The molecule has 4 nitrogen and oxygen atoms in total. The zero-order valence-electron chi connectivity index (χ0n) is 7.87. The summed E-state index contributed by atoms with van der Waals surface area (Å²) >= 11 is 0. The standard InChI is InChI=1S/C10H9NO3/c1-6(12)8-4-9(13)7(5-11)3-10(8)14-2/h3-4,13H,1-2H3. The number of methoxy groups -OCH3 is 1. The monoisotopic (exact) mass is 191 g/mol. The lowest BCUT2D eigenvalue weighted by molar-refractivity contribution is 0.101. The van der Waals surface area contributed by atoms with Crippen LogP contribution < -0.4 is 4.74 Å². The number of carbonyl (C=O) groups excluding carboxylic acids is 1. The number of Topliss-reactive ketones (excluding diaryl/α,β-unsaturated/α-hetero) is 1. The predicted molar refractivity (Wildman–Crippen MR) is 49.4 cm³/mol. The average molecular weight is 191 g/mol. The largest absolute Gasteiger partial charge is 0.507 e. The Labute approximate surface area is 81.4 Å². The summed E-state index contributed by atoms with van der Waals surface area (Å²) in [6, 6.07) is 4.37. The maximum atomic E-state index is 11.1. The molecular formula is C10H9NO3. The summed E-state index contributed by atoms with van der Waals surface area (Å²) in [6.45, 7) is 1.36. The van der Waals surface area contributed by atoms with Gasteiger partial charge in [-0.1, -0.05) is 0 Å². The average Bonchev–Trinajstić information content (AvgIpc) is 2.17. The third kappa shape index (κ3) is 1.67. The van der Waals surface area contributed by atoms with Gasteiger partial charge in [-0.2, -0.15) is 5.26 Å². The number of aromatic hydroxyl groups is 1. The second kappa shape index (κ2) is 3.79. The highest BCUT2D eigenvalue weighted by Gasteiger charge is 2.12. The lowest BCUT2D eigenvalue weighted by atomic mass is 10.1. The van der Waals surface area contributed by atoms with Gasteiger partial charge in [-0.05, 0) is 13.0 Å². The second-order valence-electron chi connectivity index (χ2n) is 2.74. The van der Waals surface area contributed by atoms with E-state index in [1.165, 1.54) is 26.2 Å². The number of ether oxygens (including phenoxy) is 1. The molecule has 1 aromatic rings. The summed E-state index contributed by atoms with van der Waals surface area (Å²) in [5.74, 6) is -0.132. The molecule has 0 radical (unpaired) electrons. The summed E-state index contributed by atoms with van der Waals surface area (Å²) in [6.07, 6.45) is 0. The fourth-order valence-electron chi connectivity index (χ4n) is 1.10. The van der Waals surface area contributed by atoms with Gasteiger partial charge in [0.15, 0.2) is 5.78 Å². The number of benzene rings is 1. The van der Waals surface area contributed by atoms with Gasteiger partial charge < -0.3 is 9.84 Å². The van der Waals surface area contributed by atoms with E-state index in [9.17, 15) is 9.90 Å². The zero-order valence-corrected chi connectivity index (χ0v) is 7.87. The molecule has 1 aromatic carbocycles. The minimum absolute atomic E-state index is 0.0897. The van der Waals surface area contributed by atoms with Crippen LogP contribution in [0, 0.1) is 11.3 Å². The molecule has 0 fully saturated rings. The van der Waals surface area contributed by atoms with E-state index in [1.54, 1.807) is 6.07 Å². The van der Waals surface area contributed by atoms with Crippen LogP contribution in [0.4, 0.5) is 0 Å². The summed E-state index contributed by atoms with van der Waals surface area (Å²) in [7, 11) is 1.40. The number of hydrogen-bond donors (Lipinski definition) is 1. The summed E-state index contributed by atoms with van der Waals surface area (Å²) in [5.41, 5.74) is 0.357. The maximum absolute atomic E-state index is 11.1. The first-order valence-electron chi connectivity index (χ1n) is 3.92. The van der Waals surface area contributed by atoms with Crippen molar-refractivity contribution >= 4 is 5.78 Å². The molecule has 0 aliphatic rings. The fraction of sp³-hybridized carbons (Fsp3) is 0.200. The summed E-state index contributed by atoms with van der Waals surface area (Å²) in [5, 5.41) is 17.9. The van der Waals surface area contributed by atoms with Crippen LogP contribution in [0.5, 0.6) is 11.5 Å². The van der Waals surface area contributed by atoms with Crippen LogP contribution >= 0.6 is 0 Å². The Morgan fingerprint density at radius 3 is 2.64 bits per heavy atom. The van der Waals surface area contributed by atoms with Crippen molar-refractivity contribution in [1.82, 2.24) is 0 Å². The quantitative estimate of drug-likeness (QED) is 0.718. The van der Waals surface area contributed by atoms with Gasteiger partial charge in [0, 0.05) is 6.07 Å². The molecule has 0 saturated heterocycles. The van der Waals surface area contributed by atoms with E-state index in [4.69, 9.17) is 10.00 Å². The first-order chi connectivity index (χ1) is 6.60. The zero-order chi connectivity index (χ0) is 10.7. The van der Waals surface area contributed by atoms with Crippen LogP contribution in [0.2, 0.25) is 0 Å². The van der Waals surface area contributed by atoms with Crippen molar-refractivity contribution in [3.8, 4) is 17.6 Å². The highest BCUT2D eigenvalue weighted by molar-refractivity contribution is 5.97. The summed E-state index contributed by atoms with van der Waals surface area (Å²) in [4.78, 5) is 11.1. The van der Waals surface area contributed by atoms with Gasteiger partial charge in [0.25, 0.3) is 0 Å². The molecule has 0 heterocycles. The molecule has 1 N–H and O–H groups in total. The van der Waals surface area contributed by atoms with Crippen LogP contribution in [0.15, 0.2) is 12.1 Å². The van der Waals surface area contributed by atoms with E-state index in [-0.39, 0.29) is 22.7 Å². The molecule has 4 heteroatoms. The normalized spacial score (nSPS) is 9.21. The Balaban J connectivity index is 3.41. The van der Waals surface area contributed by atoms with Crippen molar-refractivity contribution in [2.24, 2.45) is 0 Å². The smallest absolute Gasteiger partial charge is 0.163 e. The van der Waals surface area contributed by atoms with Crippen molar-refractivity contribution < 1.29 is 14.6 Å². The van der Waals surface area contributed by atoms with E-state index in [0.717, 1.165) is 0 Å². The lowest BCUT2D eigenvalue weighted by Crippen LogP contribution is -1.98. The van der Waals surface area contributed by atoms with Gasteiger partial charge in [0.1, 0.15) is 17.6 Å². The highest BCUT2D eigenvalue weighted by atomic mass is 16.5. The second-order valence-corrected chi connectivity index (χ2v) is 2.74. The van der Waals surface area contributed by atoms with Crippen LogP contribution in [-0.4, -0.2) is 18.0 Å². The van der Waals surface area contributed by atoms with Crippen molar-refractivity contribution in [2.45, 2.75) is 6.92 Å². The number of hydrogen-bond acceptors (Lipinski definition) is 4. The predicted octanol–water partition coefficient (Wildman–Crippen LogP) is 1.48. The molecule has 14 heavy (non-hydrogen) atoms. The first kappa shape index (κ1) is 10.1. The van der Waals surface area contributed by atoms with Crippen LogP contribution in [0.1, 0.15) is 22.8 Å². The van der Waals surface area contributed by atoms with E-state index in [1.807, 2.05) is 0 Å². The van der Waals surface area contributed by atoms with Crippen LogP contribution in [-0.2, 0) is 0 Å². The van der Waals surface area contributed by atoms with Gasteiger partial charge in [0.05, 0.1) is 18.2 Å². The molecule has 0 amide bonds. The number of carbonyl (C=O) groups is 1. The topological polar surface area (TPSA) is 70.3 Å². The Kier molecular flexibility index (Phi) is 2.73.